The Labute approximate surface area is 118 Å². The first kappa shape index (κ1) is 13.2. The Morgan fingerprint density at radius 2 is 2.05 bits per heavy atom. The average Bonchev–Trinajstić information content (AvgIpc) is 2.97. The van der Waals surface area contributed by atoms with Gasteiger partial charge in [-0.05, 0) is 30.9 Å². The first-order chi connectivity index (χ1) is 9.56. The summed E-state index contributed by atoms with van der Waals surface area (Å²) >= 11 is 0. The molecule has 4 heteroatoms. The van der Waals surface area contributed by atoms with Crippen LogP contribution in [-0.4, -0.2) is 23.5 Å². The number of aliphatic carboxylic acids is 1. The third-order valence-electron chi connectivity index (χ3n) is 4.68. The first-order valence-corrected chi connectivity index (χ1v) is 7.20. The summed E-state index contributed by atoms with van der Waals surface area (Å²) in [5.74, 6) is -0.749. The predicted octanol–water partition coefficient (Wildman–Crippen LogP) is 2.63. The summed E-state index contributed by atoms with van der Waals surface area (Å²) in [6.07, 6.45) is 3.94. The molecule has 2 aliphatic rings. The lowest BCUT2D eigenvalue weighted by molar-refractivity contribution is -0.136. The second-order valence-electron chi connectivity index (χ2n) is 5.86. The molecule has 0 unspecified atom stereocenters. The molecule has 3 rings (SSSR count). The van der Waals surface area contributed by atoms with Gasteiger partial charge in [0.25, 0.3) is 0 Å². The van der Waals surface area contributed by atoms with Gasteiger partial charge in [-0.15, -0.1) is 0 Å². The Hall–Kier alpha value is -1.84. The molecule has 1 aliphatic carbocycles. The number of carboxylic acid groups (broad SMARTS) is 1. The fraction of sp³-hybridized carbons (Fsp3) is 0.500. The van der Waals surface area contributed by atoms with Crippen LogP contribution in [0.5, 0.6) is 0 Å². The Balaban J connectivity index is 2.06. The molecule has 0 atom stereocenters. The zero-order valence-electron chi connectivity index (χ0n) is 11.7. The number of hydrogen-bond acceptors (Lipinski definition) is 2. The number of rotatable bonds is 3. The quantitative estimate of drug-likeness (QED) is 0.921. The lowest BCUT2D eigenvalue weighted by Gasteiger charge is -2.23. The SMILES string of the molecule is Cc1cccc2c1N(CCC(=O)O)C(=O)C21CCCC1. The van der Waals surface area contributed by atoms with Crippen LogP contribution in [0.25, 0.3) is 0 Å². The molecule has 1 amide bonds. The number of amides is 1. The minimum Gasteiger partial charge on any atom is -0.481 e. The van der Waals surface area contributed by atoms with Gasteiger partial charge < -0.3 is 10.0 Å². The van der Waals surface area contributed by atoms with Crippen LogP contribution in [0.15, 0.2) is 18.2 Å². The summed E-state index contributed by atoms with van der Waals surface area (Å²) in [5, 5.41) is 8.90. The van der Waals surface area contributed by atoms with Gasteiger partial charge in [0.05, 0.1) is 17.5 Å². The second kappa shape index (κ2) is 4.62. The predicted molar refractivity (Wildman–Crippen MR) is 75.9 cm³/mol. The van der Waals surface area contributed by atoms with Crippen LogP contribution in [-0.2, 0) is 15.0 Å². The van der Waals surface area contributed by atoms with Crippen LogP contribution < -0.4 is 4.90 Å². The van der Waals surface area contributed by atoms with E-state index in [-0.39, 0.29) is 24.3 Å². The molecule has 0 saturated heterocycles. The van der Waals surface area contributed by atoms with E-state index in [4.69, 9.17) is 5.11 Å². The van der Waals surface area contributed by atoms with Gasteiger partial charge in [-0.1, -0.05) is 31.0 Å². The molecule has 1 N–H and O–H groups in total. The van der Waals surface area contributed by atoms with E-state index in [0.29, 0.717) is 0 Å². The van der Waals surface area contributed by atoms with E-state index in [1.807, 2.05) is 25.1 Å². The standard InChI is InChI=1S/C16H19NO3/c1-11-5-4-6-12-14(11)17(10-7-13(18)19)15(20)16(12)8-2-3-9-16/h4-6H,2-3,7-10H2,1H3,(H,18,19). The van der Waals surface area contributed by atoms with Crippen LogP contribution in [0, 0.1) is 6.92 Å². The third-order valence-corrected chi connectivity index (χ3v) is 4.68. The number of nitrogens with zero attached hydrogens (tertiary/aromatic N) is 1. The van der Waals surface area contributed by atoms with E-state index in [0.717, 1.165) is 42.5 Å². The van der Waals surface area contributed by atoms with E-state index in [1.165, 1.54) is 0 Å². The molecule has 1 saturated carbocycles. The summed E-state index contributed by atoms with van der Waals surface area (Å²) in [4.78, 5) is 25.4. The minimum atomic E-state index is -0.861. The highest BCUT2D eigenvalue weighted by atomic mass is 16.4. The van der Waals surface area contributed by atoms with Crippen LogP contribution in [0.1, 0.15) is 43.2 Å². The van der Waals surface area contributed by atoms with Gasteiger partial charge in [-0.2, -0.15) is 0 Å². The largest absolute Gasteiger partial charge is 0.481 e. The Morgan fingerprint density at radius 1 is 1.35 bits per heavy atom. The van der Waals surface area contributed by atoms with Crippen molar-refractivity contribution in [3.8, 4) is 0 Å². The van der Waals surface area contributed by atoms with Crippen molar-refractivity contribution in [2.24, 2.45) is 0 Å². The summed E-state index contributed by atoms with van der Waals surface area (Å²) in [6, 6.07) is 6.04. The van der Waals surface area contributed by atoms with Crippen LogP contribution >= 0.6 is 0 Å². The summed E-state index contributed by atoms with van der Waals surface area (Å²) in [7, 11) is 0. The molecule has 1 aromatic carbocycles. The summed E-state index contributed by atoms with van der Waals surface area (Å²) < 4.78 is 0. The van der Waals surface area contributed by atoms with Crippen molar-refractivity contribution >= 4 is 17.6 Å². The summed E-state index contributed by atoms with van der Waals surface area (Å²) in [5.41, 5.74) is 2.76. The molecule has 20 heavy (non-hydrogen) atoms. The fourth-order valence-electron chi connectivity index (χ4n) is 3.76. The van der Waals surface area contributed by atoms with E-state index in [9.17, 15) is 9.59 Å². The Morgan fingerprint density at radius 3 is 2.70 bits per heavy atom. The van der Waals surface area contributed by atoms with Gasteiger partial charge in [-0.25, -0.2) is 0 Å². The van der Waals surface area contributed by atoms with Gasteiger partial charge in [0.2, 0.25) is 5.91 Å². The zero-order chi connectivity index (χ0) is 14.3. The van der Waals surface area contributed by atoms with Gasteiger partial charge in [0.15, 0.2) is 0 Å². The maximum Gasteiger partial charge on any atom is 0.305 e. The maximum atomic E-state index is 12.9. The van der Waals surface area contributed by atoms with Crippen molar-refractivity contribution < 1.29 is 14.7 Å². The number of benzene rings is 1. The van der Waals surface area contributed by atoms with Crippen molar-refractivity contribution in [3.05, 3.63) is 29.3 Å². The van der Waals surface area contributed by atoms with Gasteiger partial charge in [0, 0.05) is 6.54 Å². The Kier molecular flexibility index (Phi) is 3.04. The fourth-order valence-corrected chi connectivity index (χ4v) is 3.76. The van der Waals surface area contributed by atoms with Gasteiger partial charge in [0.1, 0.15) is 0 Å². The third kappa shape index (κ3) is 1.74. The number of aryl methyl sites for hydroxylation is 1. The van der Waals surface area contributed by atoms with Crippen LogP contribution in [0.2, 0.25) is 0 Å². The molecule has 0 radical (unpaired) electrons. The lowest BCUT2D eigenvalue weighted by atomic mass is 9.80. The lowest BCUT2D eigenvalue weighted by Crippen LogP contribution is -2.39. The van der Waals surface area contributed by atoms with Crippen molar-refractivity contribution in [2.75, 3.05) is 11.4 Å². The zero-order valence-corrected chi connectivity index (χ0v) is 11.7. The van der Waals surface area contributed by atoms with E-state index in [2.05, 4.69) is 0 Å². The number of anilines is 1. The number of carbonyl (C=O) groups excluding carboxylic acids is 1. The molecule has 4 nitrogen and oxygen atoms in total. The van der Waals surface area contributed by atoms with Gasteiger partial charge >= 0.3 is 5.97 Å². The number of para-hydroxylation sites is 1. The van der Waals surface area contributed by atoms with Crippen LogP contribution in [0.4, 0.5) is 5.69 Å². The highest BCUT2D eigenvalue weighted by Crippen LogP contribution is 2.52. The molecular formula is C16H19NO3. The first-order valence-electron chi connectivity index (χ1n) is 7.20. The van der Waals surface area contributed by atoms with Crippen molar-refractivity contribution in [1.82, 2.24) is 0 Å². The smallest absolute Gasteiger partial charge is 0.305 e. The number of carboxylic acids is 1. The molecule has 1 fully saturated rings. The second-order valence-corrected chi connectivity index (χ2v) is 5.86. The number of carbonyl (C=O) groups is 2. The van der Waals surface area contributed by atoms with Crippen molar-refractivity contribution in [3.63, 3.8) is 0 Å². The average molecular weight is 273 g/mol. The minimum absolute atomic E-state index is 0.00437. The van der Waals surface area contributed by atoms with E-state index >= 15 is 0 Å². The number of fused-ring (bicyclic) bond motifs is 2. The molecule has 0 aromatic heterocycles. The van der Waals surface area contributed by atoms with E-state index < -0.39 is 5.97 Å². The van der Waals surface area contributed by atoms with Gasteiger partial charge in [-0.3, -0.25) is 9.59 Å². The normalized spacial score (nSPS) is 19.6. The maximum absolute atomic E-state index is 12.9. The molecule has 1 aromatic rings. The Bertz CT molecular complexity index is 573. The van der Waals surface area contributed by atoms with Crippen molar-refractivity contribution in [2.45, 2.75) is 44.4 Å². The molecule has 1 spiro atoms. The van der Waals surface area contributed by atoms with Crippen molar-refractivity contribution in [1.29, 1.82) is 0 Å². The summed E-state index contributed by atoms with van der Waals surface area (Å²) in [6.45, 7) is 2.27. The van der Waals surface area contributed by atoms with Crippen LogP contribution in [0.3, 0.4) is 0 Å². The monoisotopic (exact) mass is 273 g/mol. The molecule has 1 aliphatic heterocycles. The molecule has 1 heterocycles. The molecule has 0 bridgehead atoms. The topological polar surface area (TPSA) is 57.6 Å². The molecular weight excluding hydrogens is 254 g/mol. The molecule has 106 valence electrons. The van der Waals surface area contributed by atoms with E-state index in [1.54, 1.807) is 4.90 Å². The highest BCUT2D eigenvalue weighted by molar-refractivity contribution is 6.09. The highest BCUT2D eigenvalue weighted by Gasteiger charge is 2.52. The number of hydrogen-bond donors (Lipinski definition) is 1.